The first-order chi connectivity index (χ1) is 8.52. The van der Waals surface area contributed by atoms with E-state index in [1.54, 1.807) is 7.05 Å². The van der Waals surface area contributed by atoms with E-state index in [1.165, 1.54) is 24.4 Å². The van der Waals surface area contributed by atoms with E-state index in [1.807, 2.05) is 0 Å². The van der Waals surface area contributed by atoms with Gasteiger partial charge in [0, 0.05) is 6.54 Å². The van der Waals surface area contributed by atoms with Gasteiger partial charge >= 0.3 is 6.18 Å². The Bertz CT molecular complexity index is 533. The summed E-state index contributed by atoms with van der Waals surface area (Å²) in [6.45, 7) is 0.453. The molecule has 1 aromatic heterocycles. The highest BCUT2D eigenvalue weighted by molar-refractivity contribution is 5.42. The minimum Gasteiger partial charge on any atom is -0.314 e. The van der Waals surface area contributed by atoms with Crippen LogP contribution in [0.25, 0.3) is 5.69 Å². The van der Waals surface area contributed by atoms with Crippen LogP contribution in [-0.2, 0) is 12.7 Å². The summed E-state index contributed by atoms with van der Waals surface area (Å²) in [5.41, 5.74) is -0.180. The number of hydrogen-bond donors (Lipinski definition) is 1. The molecule has 18 heavy (non-hydrogen) atoms. The molecule has 0 aliphatic rings. The first-order valence-electron chi connectivity index (χ1n) is 5.25. The lowest BCUT2D eigenvalue weighted by atomic mass is 10.1. The van der Waals surface area contributed by atoms with Gasteiger partial charge in [-0.25, -0.2) is 4.68 Å². The summed E-state index contributed by atoms with van der Waals surface area (Å²) in [6.07, 6.45) is -2.94. The number of nitrogens with one attached hydrogen (secondary N) is 1. The van der Waals surface area contributed by atoms with Gasteiger partial charge in [-0.05, 0) is 19.2 Å². The van der Waals surface area contributed by atoms with Crippen LogP contribution in [0, 0.1) is 0 Å². The minimum atomic E-state index is -4.41. The molecule has 4 nitrogen and oxygen atoms in total. The Balaban J connectivity index is 2.43. The Hall–Kier alpha value is -1.89. The van der Waals surface area contributed by atoms with Gasteiger partial charge in [-0.1, -0.05) is 17.3 Å². The molecule has 0 aliphatic heterocycles. The average molecular weight is 256 g/mol. The van der Waals surface area contributed by atoms with Crippen molar-refractivity contribution in [2.24, 2.45) is 0 Å². The molecule has 0 saturated carbocycles. The van der Waals surface area contributed by atoms with E-state index in [9.17, 15) is 13.2 Å². The summed E-state index contributed by atoms with van der Waals surface area (Å²) in [5.74, 6) is 0. The number of rotatable bonds is 3. The number of halogens is 3. The Kier molecular flexibility index (Phi) is 3.33. The second kappa shape index (κ2) is 4.77. The van der Waals surface area contributed by atoms with Crippen molar-refractivity contribution in [3.8, 4) is 5.69 Å². The highest BCUT2D eigenvalue weighted by Gasteiger charge is 2.33. The van der Waals surface area contributed by atoms with Crippen molar-refractivity contribution in [3.63, 3.8) is 0 Å². The normalized spacial score (nSPS) is 11.8. The fourth-order valence-electron chi connectivity index (χ4n) is 1.59. The SMILES string of the molecule is CNCc1cn(-c2ccccc2C(F)(F)F)nn1. The molecule has 1 heterocycles. The van der Waals surface area contributed by atoms with Crippen LogP contribution in [0.5, 0.6) is 0 Å². The first-order valence-corrected chi connectivity index (χ1v) is 5.25. The van der Waals surface area contributed by atoms with Crippen LogP contribution in [0.2, 0.25) is 0 Å². The Morgan fingerprint density at radius 1 is 1.28 bits per heavy atom. The summed E-state index contributed by atoms with van der Waals surface area (Å²) in [7, 11) is 1.72. The van der Waals surface area contributed by atoms with Crippen molar-refractivity contribution >= 4 is 0 Å². The van der Waals surface area contributed by atoms with Crippen LogP contribution < -0.4 is 5.32 Å². The van der Waals surface area contributed by atoms with Gasteiger partial charge in [0.05, 0.1) is 23.1 Å². The average Bonchev–Trinajstić information content (AvgIpc) is 2.77. The second-order valence-corrected chi connectivity index (χ2v) is 3.70. The third kappa shape index (κ3) is 2.51. The number of para-hydroxylation sites is 1. The summed E-state index contributed by atoms with van der Waals surface area (Å²) >= 11 is 0. The molecular weight excluding hydrogens is 245 g/mol. The van der Waals surface area contributed by atoms with Crippen LogP contribution in [0.1, 0.15) is 11.3 Å². The Morgan fingerprint density at radius 3 is 2.67 bits per heavy atom. The van der Waals surface area contributed by atoms with E-state index in [0.717, 1.165) is 10.7 Å². The maximum Gasteiger partial charge on any atom is 0.418 e. The molecule has 0 spiro atoms. The van der Waals surface area contributed by atoms with E-state index in [-0.39, 0.29) is 5.69 Å². The smallest absolute Gasteiger partial charge is 0.314 e. The molecule has 2 aromatic rings. The zero-order chi connectivity index (χ0) is 13.2. The summed E-state index contributed by atoms with van der Waals surface area (Å²) in [4.78, 5) is 0. The standard InChI is InChI=1S/C11H11F3N4/c1-15-6-8-7-18(17-16-8)10-5-3-2-4-9(10)11(12,13)14/h2-5,7,15H,6H2,1H3. The highest BCUT2D eigenvalue weighted by Crippen LogP contribution is 2.33. The molecule has 0 aliphatic carbocycles. The minimum absolute atomic E-state index is 0.0279. The zero-order valence-corrected chi connectivity index (χ0v) is 9.57. The molecule has 1 aromatic carbocycles. The van der Waals surface area contributed by atoms with Crippen molar-refractivity contribution in [1.29, 1.82) is 0 Å². The number of alkyl halides is 3. The van der Waals surface area contributed by atoms with E-state index in [2.05, 4.69) is 15.6 Å². The van der Waals surface area contributed by atoms with Gasteiger partial charge < -0.3 is 5.32 Å². The van der Waals surface area contributed by atoms with Gasteiger partial charge in [0.2, 0.25) is 0 Å². The monoisotopic (exact) mass is 256 g/mol. The van der Waals surface area contributed by atoms with Gasteiger partial charge in [-0.2, -0.15) is 13.2 Å². The molecule has 0 radical (unpaired) electrons. The van der Waals surface area contributed by atoms with Crippen molar-refractivity contribution in [3.05, 3.63) is 41.7 Å². The molecule has 1 N–H and O–H groups in total. The lowest BCUT2D eigenvalue weighted by molar-refractivity contribution is -0.137. The molecule has 96 valence electrons. The molecule has 0 atom stereocenters. The van der Waals surface area contributed by atoms with E-state index >= 15 is 0 Å². The predicted molar refractivity (Wildman–Crippen MR) is 59.1 cm³/mol. The lowest BCUT2D eigenvalue weighted by Crippen LogP contribution is -2.11. The summed E-state index contributed by atoms with van der Waals surface area (Å²) in [5, 5.41) is 10.4. The van der Waals surface area contributed by atoms with Crippen molar-refractivity contribution < 1.29 is 13.2 Å². The number of benzene rings is 1. The van der Waals surface area contributed by atoms with Crippen molar-refractivity contribution in [2.75, 3.05) is 7.05 Å². The van der Waals surface area contributed by atoms with E-state index < -0.39 is 11.7 Å². The van der Waals surface area contributed by atoms with Crippen molar-refractivity contribution in [1.82, 2.24) is 20.3 Å². The lowest BCUT2D eigenvalue weighted by Gasteiger charge is -2.11. The predicted octanol–water partition coefficient (Wildman–Crippen LogP) is 2.01. The highest BCUT2D eigenvalue weighted by atomic mass is 19.4. The molecule has 0 bridgehead atoms. The molecule has 0 amide bonds. The third-order valence-electron chi connectivity index (χ3n) is 2.36. The van der Waals surface area contributed by atoms with Gasteiger partial charge in [0.25, 0.3) is 0 Å². The largest absolute Gasteiger partial charge is 0.418 e. The topological polar surface area (TPSA) is 42.7 Å². The molecule has 2 rings (SSSR count). The first kappa shape index (κ1) is 12.6. The maximum absolute atomic E-state index is 12.8. The molecule has 0 unspecified atom stereocenters. The number of aromatic nitrogens is 3. The number of hydrogen-bond acceptors (Lipinski definition) is 3. The quantitative estimate of drug-likeness (QED) is 0.913. The fourth-order valence-corrected chi connectivity index (χ4v) is 1.59. The fraction of sp³-hybridized carbons (Fsp3) is 0.273. The van der Waals surface area contributed by atoms with Gasteiger partial charge in [-0.15, -0.1) is 5.10 Å². The van der Waals surface area contributed by atoms with Crippen LogP contribution in [-0.4, -0.2) is 22.0 Å². The van der Waals surface area contributed by atoms with Crippen LogP contribution in [0.15, 0.2) is 30.5 Å². The molecule has 7 heteroatoms. The Labute approximate surface area is 101 Å². The third-order valence-corrected chi connectivity index (χ3v) is 2.36. The van der Waals surface area contributed by atoms with Crippen LogP contribution >= 0.6 is 0 Å². The molecule has 0 saturated heterocycles. The number of nitrogens with zero attached hydrogens (tertiary/aromatic N) is 3. The Morgan fingerprint density at radius 2 is 2.00 bits per heavy atom. The summed E-state index contributed by atoms with van der Waals surface area (Å²) in [6, 6.07) is 5.26. The molecular formula is C11H11F3N4. The van der Waals surface area contributed by atoms with Crippen LogP contribution in [0.4, 0.5) is 13.2 Å². The van der Waals surface area contributed by atoms with Gasteiger partial charge in [0.15, 0.2) is 0 Å². The molecule has 0 fully saturated rings. The van der Waals surface area contributed by atoms with E-state index in [4.69, 9.17) is 0 Å². The summed E-state index contributed by atoms with van der Waals surface area (Å²) < 4.78 is 39.6. The van der Waals surface area contributed by atoms with Crippen LogP contribution in [0.3, 0.4) is 0 Å². The zero-order valence-electron chi connectivity index (χ0n) is 9.57. The van der Waals surface area contributed by atoms with Gasteiger partial charge in [-0.3, -0.25) is 0 Å². The second-order valence-electron chi connectivity index (χ2n) is 3.70. The maximum atomic E-state index is 12.8. The van der Waals surface area contributed by atoms with E-state index in [0.29, 0.717) is 12.2 Å². The van der Waals surface area contributed by atoms with Crippen molar-refractivity contribution in [2.45, 2.75) is 12.7 Å². The van der Waals surface area contributed by atoms with Gasteiger partial charge in [0.1, 0.15) is 0 Å².